The second-order valence-electron chi connectivity index (χ2n) is 7.55. The monoisotopic (exact) mass is 563 g/mol. The van der Waals surface area contributed by atoms with Gasteiger partial charge < -0.3 is 16.0 Å². The Kier molecular flexibility index (Phi) is 7.43. The van der Waals surface area contributed by atoms with Gasteiger partial charge in [-0.2, -0.15) is 4.31 Å². The van der Waals surface area contributed by atoms with Gasteiger partial charge in [-0.15, -0.1) is 11.3 Å². The summed E-state index contributed by atoms with van der Waals surface area (Å²) in [6.45, 7) is 0.585. The first-order chi connectivity index (χ1) is 16.3. The lowest BCUT2D eigenvalue weighted by atomic mass is 10.1. The number of carbonyl (C=O) groups is 2. The van der Waals surface area contributed by atoms with Crippen molar-refractivity contribution in [3.05, 3.63) is 81.4 Å². The second-order valence-corrected chi connectivity index (χ2v) is 11.5. The van der Waals surface area contributed by atoms with Crippen LogP contribution in [-0.4, -0.2) is 53.7 Å². The molecule has 4 rings (SSSR count). The van der Waals surface area contributed by atoms with Crippen LogP contribution in [-0.2, 0) is 27.9 Å². The van der Waals surface area contributed by atoms with Crippen LogP contribution in [0.1, 0.15) is 21.5 Å². The maximum atomic E-state index is 13.4. The van der Waals surface area contributed by atoms with Gasteiger partial charge in [0.2, 0.25) is 0 Å². The summed E-state index contributed by atoms with van der Waals surface area (Å²) in [6, 6.07) is 12.1. The molecule has 1 aliphatic rings. The number of amides is 2. The molecule has 12 heteroatoms. The molecule has 0 spiro atoms. The molecule has 0 aliphatic carbocycles. The van der Waals surface area contributed by atoms with Crippen LogP contribution in [0.3, 0.4) is 0 Å². The number of nitrogens with two attached hydrogens (primary N) is 1. The molecule has 0 saturated carbocycles. The largest absolute Gasteiger partial charge is 0.349 e. The minimum atomic E-state index is -3.98. The van der Waals surface area contributed by atoms with Gasteiger partial charge in [0.05, 0.1) is 5.56 Å². The van der Waals surface area contributed by atoms with Crippen molar-refractivity contribution in [2.75, 3.05) is 13.1 Å². The third kappa shape index (κ3) is 5.05. The van der Waals surface area contributed by atoms with Crippen LogP contribution in [0.5, 0.6) is 0 Å². The van der Waals surface area contributed by atoms with Gasteiger partial charge in [0.25, 0.3) is 21.8 Å². The zero-order valence-corrected chi connectivity index (χ0v) is 21.1. The fraction of sp³-hybridized carbons (Fsp3) is 0.227. The Morgan fingerprint density at radius 2 is 1.94 bits per heavy atom. The van der Waals surface area contributed by atoms with E-state index < -0.39 is 28.0 Å². The summed E-state index contributed by atoms with van der Waals surface area (Å²) in [6.07, 6.45) is 1.58. The lowest BCUT2D eigenvalue weighted by Gasteiger charge is -2.28. The van der Waals surface area contributed by atoms with Crippen LogP contribution >= 0.6 is 27.3 Å². The van der Waals surface area contributed by atoms with Gasteiger partial charge in [-0.3, -0.25) is 14.6 Å². The number of halogens is 1. The molecule has 1 aromatic carbocycles. The molecule has 1 aliphatic heterocycles. The number of hydrogen-bond acceptors (Lipinski definition) is 7. The Balaban J connectivity index is 1.63. The van der Waals surface area contributed by atoms with Gasteiger partial charge in [-0.1, -0.05) is 30.3 Å². The molecule has 0 radical (unpaired) electrons. The number of nitrogens with one attached hydrogen (secondary N) is 1. The summed E-state index contributed by atoms with van der Waals surface area (Å²) in [4.78, 5) is 31.9. The van der Waals surface area contributed by atoms with Crippen LogP contribution in [0.4, 0.5) is 0 Å². The fourth-order valence-corrected chi connectivity index (χ4v) is 6.74. The highest BCUT2D eigenvalue weighted by atomic mass is 79.9. The van der Waals surface area contributed by atoms with Crippen LogP contribution in [0.15, 0.2) is 68.9 Å². The molecule has 0 bridgehead atoms. The van der Waals surface area contributed by atoms with Gasteiger partial charge in [0, 0.05) is 43.0 Å². The van der Waals surface area contributed by atoms with E-state index in [9.17, 15) is 18.0 Å². The maximum absolute atomic E-state index is 13.4. The summed E-state index contributed by atoms with van der Waals surface area (Å²) >= 11 is 4.35. The number of carbonyl (C=O) groups excluding carboxylic acids is 2. The Labute approximate surface area is 209 Å². The molecule has 34 heavy (non-hydrogen) atoms. The van der Waals surface area contributed by atoms with Gasteiger partial charge in [0.1, 0.15) is 4.21 Å². The lowest BCUT2D eigenvalue weighted by Crippen LogP contribution is -2.53. The summed E-state index contributed by atoms with van der Waals surface area (Å²) in [5.41, 5.74) is 7.67. The maximum Gasteiger partial charge on any atom is 0.259 e. The number of pyridine rings is 1. The zero-order valence-electron chi connectivity index (χ0n) is 17.9. The van der Waals surface area contributed by atoms with Crippen molar-refractivity contribution in [3.8, 4) is 0 Å². The molecular weight excluding hydrogens is 542 g/mol. The Hall–Kier alpha value is -2.64. The Morgan fingerprint density at radius 1 is 1.15 bits per heavy atom. The van der Waals surface area contributed by atoms with E-state index in [1.807, 2.05) is 24.3 Å². The summed E-state index contributed by atoms with van der Waals surface area (Å²) in [5.74, 6) is -1.07. The minimum absolute atomic E-state index is 0.00580. The van der Waals surface area contributed by atoms with Gasteiger partial charge in [-0.05, 0) is 44.6 Å². The van der Waals surface area contributed by atoms with E-state index in [4.69, 9.17) is 5.73 Å². The predicted octanol–water partition coefficient (Wildman–Crippen LogP) is 2.15. The zero-order chi connectivity index (χ0) is 24.3. The van der Waals surface area contributed by atoms with Gasteiger partial charge >= 0.3 is 0 Å². The quantitative estimate of drug-likeness (QED) is 0.453. The number of rotatable bonds is 7. The number of benzene rings is 1. The van der Waals surface area contributed by atoms with E-state index >= 15 is 0 Å². The summed E-state index contributed by atoms with van der Waals surface area (Å²) in [7, 11) is -3.98. The Morgan fingerprint density at radius 3 is 2.65 bits per heavy atom. The lowest BCUT2D eigenvalue weighted by molar-refractivity contribution is -0.127. The first-order valence-corrected chi connectivity index (χ1v) is 13.4. The molecule has 3 N–H and O–H groups in total. The normalized spacial score (nSPS) is 16.5. The van der Waals surface area contributed by atoms with E-state index in [-0.39, 0.29) is 29.4 Å². The van der Waals surface area contributed by atoms with E-state index in [1.165, 1.54) is 23.4 Å². The molecule has 3 aromatic rings. The number of sulfonamides is 1. The van der Waals surface area contributed by atoms with E-state index in [1.54, 1.807) is 17.5 Å². The topological polar surface area (TPSA) is 126 Å². The van der Waals surface area contributed by atoms with Crippen molar-refractivity contribution in [3.63, 3.8) is 0 Å². The van der Waals surface area contributed by atoms with Crippen molar-refractivity contribution < 1.29 is 18.0 Å². The molecule has 1 atom stereocenters. The molecule has 1 saturated heterocycles. The predicted molar refractivity (Wildman–Crippen MR) is 131 cm³/mol. The summed E-state index contributed by atoms with van der Waals surface area (Å²) < 4.78 is 28.4. The molecule has 9 nitrogen and oxygen atoms in total. The molecule has 3 heterocycles. The van der Waals surface area contributed by atoms with Crippen molar-refractivity contribution >= 4 is 49.1 Å². The smallest absolute Gasteiger partial charge is 0.259 e. The summed E-state index contributed by atoms with van der Waals surface area (Å²) in [5, 5.41) is 4.44. The molecule has 1 fully saturated rings. The van der Waals surface area contributed by atoms with E-state index in [2.05, 4.69) is 26.2 Å². The molecule has 2 aromatic heterocycles. The number of thiophene rings is 1. The van der Waals surface area contributed by atoms with Crippen LogP contribution in [0.25, 0.3) is 0 Å². The SMILES string of the molecule is NCc1cccc(CNC(=O)C2N(C(=O)c3cncc(Br)c3)CCN2S(=O)(=O)c2cccs2)c1. The highest BCUT2D eigenvalue weighted by molar-refractivity contribution is 9.10. The fourth-order valence-electron chi connectivity index (χ4n) is 3.71. The molecular formula is C22H22BrN5O4S2. The second kappa shape index (κ2) is 10.3. The number of nitrogens with zero attached hydrogens (tertiary/aromatic N) is 3. The van der Waals surface area contributed by atoms with Crippen molar-refractivity contribution in [2.45, 2.75) is 23.5 Å². The highest BCUT2D eigenvalue weighted by Crippen LogP contribution is 2.28. The van der Waals surface area contributed by atoms with E-state index in [0.29, 0.717) is 11.0 Å². The Bertz CT molecular complexity index is 1300. The standard InChI is InChI=1S/C22H22BrN5O4S2/c23-18-10-17(13-25-14-18)22(30)27-6-7-28(34(31,32)19-5-2-8-33-19)21(27)20(29)26-12-16-4-1-3-15(9-16)11-24/h1-5,8-10,13-14,21H,6-7,11-12,24H2,(H,26,29). The first-order valence-electron chi connectivity index (χ1n) is 10.3. The number of aromatic nitrogens is 1. The average molecular weight is 564 g/mol. The van der Waals surface area contributed by atoms with Crippen molar-refractivity contribution in [1.29, 1.82) is 0 Å². The van der Waals surface area contributed by atoms with Gasteiger partial charge in [0.15, 0.2) is 6.17 Å². The van der Waals surface area contributed by atoms with Gasteiger partial charge in [-0.25, -0.2) is 8.42 Å². The van der Waals surface area contributed by atoms with Crippen LogP contribution < -0.4 is 11.1 Å². The molecule has 2 amide bonds. The third-order valence-electron chi connectivity index (χ3n) is 5.33. The average Bonchev–Trinajstić information content (AvgIpc) is 3.53. The van der Waals surface area contributed by atoms with Crippen LogP contribution in [0, 0.1) is 0 Å². The van der Waals surface area contributed by atoms with Crippen molar-refractivity contribution in [1.82, 2.24) is 19.5 Å². The van der Waals surface area contributed by atoms with Crippen LogP contribution in [0.2, 0.25) is 0 Å². The third-order valence-corrected chi connectivity index (χ3v) is 8.99. The molecule has 178 valence electrons. The minimum Gasteiger partial charge on any atom is -0.349 e. The molecule has 1 unspecified atom stereocenters. The number of hydrogen-bond donors (Lipinski definition) is 2. The van der Waals surface area contributed by atoms with Crippen molar-refractivity contribution in [2.24, 2.45) is 5.73 Å². The first kappa shape index (κ1) is 24.5. The highest BCUT2D eigenvalue weighted by Gasteiger charge is 2.47. The van der Waals surface area contributed by atoms with E-state index in [0.717, 1.165) is 26.8 Å².